The highest BCUT2D eigenvalue weighted by molar-refractivity contribution is 5.91. The van der Waals surface area contributed by atoms with Crippen molar-refractivity contribution in [3.63, 3.8) is 0 Å². The van der Waals surface area contributed by atoms with Gasteiger partial charge in [0.2, 0.25) is 0 Å². The second-order valence-corrected chi connectivity index (χ2v) is 5.18. The molecular formula is C15H17N3. The zero-order valence-electron chi connectivity index (χ0n) is 10.6. The van der Waals surface area contributed by atoms with Gasteiger partial charge in [-0.2, -0.15) is 5.26 Å². The minimum absolute atomic E-state index is 0.792. The molecule has 1 aromatic heterocycles. The van der Waals surface area contributed by atoms with E-state index in [0.29, 0.717) is 0 Å². The van der Waals surface area contributed by atoms with E-state index in [0.717, 1.165) is 41.3 Å². The van der Waals surface area contributed by atoms with Gasteiger partial charge in [-0.1, -0.05) is 25.1 Å². The Labute approximate surface area is 107 Å². The van der Waals surface area contributed by atoms with Crippen molar-refractivity contribution >= 4 is 16.7 Å². The Morgan fingerprint density at radius 2 is 2.00 bits per heavy atom. The van der Waals surface area contributed by atoms with E-state index < -0.39 is 0 Å². The lowest BCUT2D eigenvalue weighted by molar-refractivity contribution is 0.437. The Hall–Kier alpha value is -1.95. The molecule has 1 aromatic carbocycles. The molecule has 3 heteroatoms. The van der Waals surface area contributed by atoms with Crippen LogP contribution in [-0.2, 0) is 0 Å². The number of hydrogen-bond donors (Lipinski definition) is 1. The zero-order chi connectivity index (χ0) is 12.5. The molecule has 0 unspecified atom stereocenters. The van der Waals surface area contributed by atoms with Gasteiger partial charge in [0.15, 0.2) is 0 Å². The second-order valence-electron chi connectivity index (χ2n) is 5.18. The number of piperidine rings is 1. The highest BCUT2D eigenvalue weighted by Gasteiger charge is 2.21. The number of anilines is 1. The Balaban J connectivity index is 2.04. The average molecular weight is 239 g/mol. The van der Waals surface area contributed by atoms with Crippen LogP contribution in [0.25, 0.3) is 10.9 Å². The monoisotopic (exact) mass is 239 g/mol. The molecule has 92 valence electrons. The molecule has 0 radical (unpaired) electrons. The highest BCUT2D eigenvalue weighted by atomic mass is 15.2. The van der Waals surface area contributed by atoms with E-state index in [2.05, 4.69) is 22.9 Å². The summed E-state index contributed by atoms with van der Waals surface area (Å²) in [7, 11) is 0. The van der Waals surface area contributed by atoms with E-state index in [-0.39, 0.29) is 0 Å². The van der Waals surface area contributed by atoms with Crippen LogP contribution in [0.3, 0.4) is 0 Å². The second kappa shape index (κ2) is 4.38. The van der Waals surface area contributed by atoms with Crippen molar-refractivity contribution in [2.45, 2.75) is 19.8 Å². The number of nitrogens with zero attached hydrogens (tertiary/aromatic N) is 2. The summed E-state index contributed by atoms with van der Waals surface area (Å²) in [6, 6.07) is 10.4. The molecule has 0 aliphatic carbocycles. The Bertz CT molecular complexity index is 598. The van der Waals surface area contributed by atoms with E-state index in [1.54, 1.807) is 0 Å². The quantitative estimate of drug-likeness (QED) is 0.830. The van der Waals surface area contributed by atoms with Crippen LogP contribution in [0.5, 0.6) is 0 Å². The van der Waals surface area contributed by atoms with Gasteiger partial charge in [0.05, 0.1) is 0 Å². The molecule has 1 aliphatic heterocycles. The van der Waals surface area contributed by atoms with Crippen LogP contribution in [0.2, 0.25) is 0 Å². The van der Waals surface area contributed by atoms with Gasteiger partial charge >= 0.3 is 0 Å². The lowest BCUT2D eigenvalue weighted by atomic mass is 9.99. The van der Waals surface area contributed by atoms with E-state index in [1.807, 2.05) is 24.3 Å². The van der Waals surface area contributed by atoms with Crippen molar-refractivity contribution in [3.8, 4) is 6.07 Å². The SMILES string of the molecule is CC1CCN(c2[nH]c3ccccc3c2C#N)CC1. The fourth-order valence-electron chi connectivity index (χ4n) is 2.71. The first-order valence-electron chi connectivity index (χ1n) is 6.55. The Morgan fingerprint density at radius 3 is 2.72 bits per heavy atom. The van der Waals surface area contributed by atoms with Gasteiger partial charge in [-0.15, -0.1) is 0 Å². The van der Waals surface area contributed by atoms with Crippen LogP contribution in [0.15, 0.2) is 24.3 Å². The van der Waals surface area contributed by atoms with E-state index in [4.69, 9.17) is 0 Å². The third-order valence-electron chi connectivity index (χ3n) is 3.90. The van der Waals surface area contributed by atoms with E-state index >= 15 is 0 Å². The maximum atomic E-state index is 9.39. The minimum Gasteiger partial charge on any atom is -0.357 e. The third-order valence-corrected chi connectivity index (χ3v) is 3.90. The summed E-state index contributed by atoms with van der Waals surface area (Å²) in [6.45, 7) is 4.39. The molecular weight excluding hydrogens is 222 g/mol. The normalized spacial score (nSPS) is 17.0. The maximum Gasteiger partial charge on any atom is 0.125 e. The van der Waals surface area contributed by atoms with E-state index in [1.165, 1.54) is 12.8 Å². The lowest BCUT2D eigenvalue weighted by Crippen LogP contribution is -2.33. The molecule has 0 amide bonds. The molecule has 2 aromatic rings. The van der Waals surface area contributed by atoms with Crippen LogP contribution in [-0.4, -0.2) is 18.1 Å². The minimum atomic E-state index is 0.792. The predicted molar refractivity (Wildman–Crippen MR) is 73.6 cm³/mol. The molecule has 2 heterocycles. The van der Waals surface area contributed by atoms with Gasteiger partial charge in [-0.05, 0) is 24.8 Å². The fraction of sp³-hybridized carbons (Fsp3) is 0.400. The summed E-state index contributed by atoms with van der Waals surface area (Å²) in [4.78, 5) is 5.72. The van der Waals surface area contributed by atoms with Crippen molar-refractivity contribution in [2.24, 2.45) is 5.92 Å². The molecule has 3 rings (SSSR count). The molecule has 18 heavy (non-hydrogen) atoms. The molecule has 1 fully saturated rings. The number of aromatic amines is 1. The zero-order valence-corrected chi connectivity index (χ0v) is 10.6. The average Bonchev–Trinajstić information content (AvgIpc) is 2.78. The van der Waals surface area contributed by atoms with Crippen molar-refractivity contribution in [1.29, 1.82) is 5.26 Å². The summed E-state index contributed by atoms with van der Waals surface area (Å²) in [5, 5.41) is 10.4. The van der Waals surface area contributed by atoms with Crippen molar-refractivity contribution < 1.29 is 0 Å². The first kappa shape index (κ1) is 11.2. The van der Waals surface area contributed by atoms with Crippen molar-refractivity contribution in [3.05, 3.63) is 29.8 Å². The summed E-state index contributed by atoms with van der Waals surface area (Å²) in [5.41, 5.74) is 1.85. The molecule has 1 saturated heterocycles. The van der Waals surface area contributed by atoms with Gasteiger partial charge < -0.3 is 9.88 Å². The number of aromatic nitrogens is 1. The summed E-state index contributed by atoms with van der Waals surface area (Å²) >= 11 is 0. The number of rotatable bonds is 1. The van der Waals surface area contributed by atoms with Gasteiger partial charge in [0, 0.05) is 24.0 Å². The Morgan fingerprint density at radius 1 is 1.28 bits per heavy atom. The third kappa shape index (κ3) is 1.74. The Kier molecular flexibility index (Phi) is 2.71. The number of para-hydroxylation sites is 1. The largest absolute Gasteiger partial charge is 0.357 e. The van der Waals surface area contributed by atoms with Gasteiger partial charge in [0.1, 0.15) is 17.5 Å². The molecule has 0 spiro atoms. The van der Waals surface area contributed by atoms with Gasteiger partial charge in [0.25, 0.3) is 0 Å². The molecule has 1 aliphatic rings. The first-order chi connectivity index (χ1) is 8.79. The van der Waals surface area contributed by atoms with Crippen LogP contribution in [0, 0.1) is 17.2 Å². The number of benzene rings is 1. The number of hydrogen-bond acceptors (Lipinski definition) is 2. The summed E-state index contributed by atoms with van der Waals surface area (Å²) in [5.74, 6) is 1.81. The van der Waals surface area contributed by atoms with Crippen LogP contribution in [0.1, 0.15) is 25.3 Å². The highest BCUT2D eigenvalue weighted by Crippen LogP contribution is 2.30. The molecule has 0 saturated carbocycles. The smallest absolute Gasteiger partial charge is 0.125 e. The number of fused-ring (bicyclic) bond motifs is 1. The number of H-pyrrole nitrogens is 1. The standard InChI is InChI=1S/C15H17N3/c1-11-6-8-18(9-7-11)15-13(10-16)12-4-2-3-5-14(12)17-15/h2-5,11,17H,6-9H2,1H3. The van der Waals surface area contributed by atoms with Crippen LogP contribution >= 0.6 is 0 Å². The predicted octanol–water partition coefficient (Wildman–Crippen LogP) is 3.28. The topological polar surface area (TPSA) is 42.8 Å². The van der Waals surface area contributed by atoms with Crippen LogP contribution in [0.4, 0.5) is 5.82 Å². The van der Waals surface area contributed by atoms with E-state index in [9.17, 15) is 5.26 Å². The first-order valence-corrected chi connectivity index (χ1v) is 6.55. The molecule has 3 nitrogen and oxygen atoms in total. The van der Waals surface area contributed by atoms with Gasteiger partial charge in [-0.25, -0.2) is 0 Å². The molecule has 0 bridgehead atoms. The molecule has 1 N–H and O–H groups in total. The van der Waals surface area contributed by atoms with Crippen molar-refractivity contribution in [2.75, 3.05) is 18.0 Å². The summed E-state index contributed by atoms with van der Waals surface area (Å²) in [6.07, 6.45) is 2.42. The van der Waals surface area contributed by atoms with Crippen molar-refractivity contribution in [1.82, 2.24) is 4.98 Å². The number of nitriles is 1. The maximum absolute atomic E-state index is 9.39. The fourth-order valence-corrected chi connectivity index (χ4v) is 2.71. The summed E-state index contributed by atoms with van der Waals surface area (Å²) < 4.78 is 0. The lowest BCUT2D eigenvalue weighted by Gasteiger charge is -2.31. The molecule has 0 atom stereocenters. The van der Waals surface area contributed by atoms with Gasteiger partial charge in [-0.3, -0.25) is 0 Å². The number of nitrogens with one attached hydrogen (secondary N) is 1. The van der Waals surface area contributed by atoms with Crippen LogP contribution < -0.4 is 4.90 Å².